The number of carbonyl (C=O) groups is 2. The number of thiophene rings is 1. The summed E-state index contributed by atoms with van der Waals surface area (Å²) in [6.07, 6.45) is 3.40. The maximum atomic E-state index is 13.5. The molecule has 33 heavy (non-hydrogen) atoms. The van der Waals surface area contributed by atoms with Gasteiger partial charge in [0.15, 0.2) is 0 Å². The van der Waals surface area contributed by atoms with Crippen molar-refractivity contribution in [2.75, 3.05) is 47.1 Å². The van der Waals surface area contributed by atoms with E-state index in [-0.39, 0.29) is 30.3 Å². The van der Waals surface area contributed by atoms with E-state index >= 15 is 0 Å². The average Bonchev–Trinajstić information content (AvgIpc) is 3.58. The van der Waals surface area contributed by atoms with Gasteiger partial charge in [-0.15, -0.1) is 11.3 Å². The van der Waals surface area contributed by atoms with Crippen molar-refractivity contribution < 1.29 is 23.8 Å². The summed E-state index contributed by atoms with van der Waals surface area (Å²) in [4.78, 5) is 31.2. The van der Waals surface area contributed by atoms with Gasteiger partial charge in [0.1, 0.15) is 18.1 Å². The highest BCUT2D eigenvalue weighted by molar-refractivity contribution is 7.10. The molecule has 0 radical (unpaired) electrons. The normalized spacial score (nSPS) is 17.4. The number of benzene rings is 1. The summed E-state index contributed by atoms with van der Waals surface area (Å²) in [7, 11) is 3.27. The first-order valence-electron chi connectivity index (χ1n) is 11.5. The Labute approximate surface area is 199 Å². The Balaban J connectivity index is 1.47. The van der Waals surface area contributed by atoms with Crippen molar-refractivity contribution >= 4 is 23.2 Å². The summed E-state index contributed by atoms with van der Waals surface area (Å²) in [5, 5.41) is 2.07. The topological polar surface area (TPSA) is 68.3 Å². The summed E-state index contributed by atoms with van der Waals surface area (Å²) in [5.41, 5.74) is 1.14. The van der Waals surface area contributed by atoms with Crippen molar-refractivity contribution in [3.63, 3.8) is 0 Å². The van der Waals surface area contributed by atoms with E-state index in [0.717, 1.165) is 37.0 Å². The number of hydrogen-bond donors (Lipinski definition) is 0. The molecule has 0 saturated heterocycles. The van der Waals surface area contributed by atoms with Gasteiger partial charge in [-0.2, -0.15) is 0 Å². The molecule has 0 unspecified atom stereocenters. The Morgan fingerprint density at radius 1 is 1.18 bits per heavy atom. The van der Waals surface area contributed by atoms with Gasteiger partial charge in [-0.1, -0.05) is 6.07 Å². The molecule has 0 spiro atoms. The van der Waals surface area contributed by atoms with Crippen LogP contribution in [-0.2, 0) is 20.7 Å². The maximum Gasteiger partial charge on any atom is 0.242 e. The number of hydrogen-bond acceptors (Lipinski definition) is 6. The molecule has 1 atom stereocenters. The minimum atomic E-state index is -0.185. The lowest BCUT2D eigenvalue weighted by atomic mass is 10.0. The van der Waals surface area contributed by atoms with Crippen molar-refractivity contribution in [1.29, 1.82) is 0 Å². The third kappa shape index (κ3) is 5.86. The first-order chi connectivity index (χ1) is 16.1. The molecule has 0 N–H and O–H groups in total. The predicted molar refractivity (Wildman–Crippen MR) is 127 cm³/mol. The molecule has 1 saturated carbocycles. The minimum Gasteiger partial charge on any atom is -0.497 e. The first-order valence-corrected chi connectivity index (χ1v) is 12.4. The summed E-state index contributed by atoms with van der Waals surface area (Å²) in [5.74, 6) is 1.58. The molecular formula is C25H32N2O5S. The van der Waals surface area contributed by atoms with Gasteiger partial charge in [0.25, 0.3) is 0 Å². The lowest BCUT2D eigenvalue weighted by Gasteiger charge is -2.37. The van der Waals surface area contributed by atoms with Gasteiger partial charge in [-0.25, -0.2) is 0 Å². The predicted octanol–water partition coefficient (Wildman–Crippen LogP) is 3.54. The molecule has 178 valence electrons. The van der Waals surface area contributed by atoms with Crippen LogP contribution in [0.15, 0.2) is 35.7 Å². The van der Waals surface area contributed by atoms with E-state index in [9.17, 15) is 9.59 Å². The van der Waals surface area contributed by atoms with Crippen molar-refractivity contribution in [3.8, 4) is 11.5 Å². The van der Waals surface area contributed by atoms with Crippen LogP contribution in [-0.4, -0.2) is 68.7 Å². The number of ether oxygens (including phenoxy) is 3. The third-order valence-electron chi connectivity index (χ3n) is 6.21. The smallest absolute Gasteiger partial charge is 0.242 e. The van der Waals surface area contributed by atoms with Gasteiger partial charge < -0.3 is 24.0 Å². The van der Waals surface area contributed by atoms with Gasteiger partial charge in [-0.3, -0.25) is 9.59 Å². The molecule has 8 heteroatoms. The Morgan fingerprint density at radius 3 is 2.76 bits per heavy atom. The third-order valence-corrected chi connectivity index (χ3v) is 7.20. The molecule has 1 aromatic heterocycles. The molecule has 1 fully saturated rings. The second-order valence-electron chi connectivity index (χ2n) is 8.52. The summed E-state index contributed by atoms with van der Waals surface area (Å²) < 4.78 is 16.5. The molecule has 4 rings (SSSR count). The molecule has 1 aromatic carbocycles. The number of rotatable bonds is 11. The number of fused-ring (bicyclic) bond motifs is 1. The van der Waals surface area contributed by atoms with E-state index in [1.165, 1.54) is 4.88 Å². The second kappa shape index (κ2) is 11.0. The van der Waals surface area contributed by atoms with Crippen LogP contribution in [0.2, 0.25) is 0 Å². The van der Waals surface area contributed by atoms with Crippen LogP contribution >= 0.6 is 11.3 Å². The van der Waals surface area contributed by atoms with Crippen molar-refractivity contribution in [1.82, 2.24) is 9.80 Å². The zero-order valence-electron chi connectivity index (χ0n) is 19.3. The number of carbonyl (C=O) groups excluding carboxylic acids is 2. The number of methoxy groups -OCH3 is 2. The van der Waals surface area contributed by atoms with Crippen LogP contribution in [0, 0.1) is 5.92 Å². The highest BCUT2D eigenvalue weighted by Crippen LogP contribution is 2.35. The van der Waals surface area contributed by atoms with Crippen LogP contribution < -0.4 is 9.47 Å². The fraction of sp³-hybridized carbons (Fsp3) is 0.520. The largest absolute Gasteiger partial charge is 0.497 e. The lowest BCUT2D eigenvalue weighted by molar-refractivity contribution is -0.143. The Morgan fingerprint density at radius 2 is 2.00 bits per heavy atom. The van der Waals surface area contributed by atoms with Crippen LogP contribution in [0.5, 0.6) is 11.5 Å². The monoisotopic (exact) mass is 472 g/mol. The number of nitrogens with zero attached hydrogens (tertiary/aromatic N) is 2. The quantitative estimate of drug-likeness (QED) is 0.468. The molecule has 1 aliphatic heterocycles. The van der Waals surface area contributed by atoms with Crippen molar-refractivity contribution in [2.45, 2.75) is 31.7 Å². The molecule has 2 heterocycles. The molecule has 1 aliphatic carbocycles. The van der Waals surface area contributed by atoms with E-state index in [4.69, 9.17) is 14.2 Å². The van der Waals surface area contributed by atoms with Crippen molar-refractivity contribution in [3.05, 3.63) is 46.2 Å². The fourth-order valence-electron chi connectivity index (χ4n) is 4.25. The number of amides is 2. The fourth-order valence-corrected chi connectivity index (χ4v) is 5.18. The van der Waals surface area contributed by atoms with E-state index in [1.54, 1.807) is 30.5 Å². The van der Waals surface area contributed by atoms with Crippen LogP contribution in [0.1, 0.15) is 35.7 Å². The standard InChI is InChI=1S/C25H32N2O5S/c1-30-13-4-11-26(25(29)18-7-8-18)16-24(28)27-12-9-23-21(10-14-33-23)22(27)17-32-20-6-3-5-19(15-20)31-2/h3,5-6,10,14-15,18,22H,4,7-9,11-13,16-17H2,1-2H3/t22-/m0/s1. The molecule has 2 amide bonds. The van der Waals surface area contributed by atoms with Gasteiger partial charge in [0.2, 0.25) is 11.8 Å². The van der Waals surface area contributed by atoms with Crippen LogP contribution in [0.25, 0.3) is 0 Å². The van der Waals surface area contributed by atoms with Gasteiger partial charge in [0, 0.05) is 43.7 Å². The zero-order chi connectivity index (χ0) is 23.2. The highest BCUT2D eigenvalue weighted by Gasteiger charge is 2.37. The minimum absolute atomic E-state index is 0.0301. The van der Waals surface area contributed by atoms with Crippen molar-refractivity contribution in [2.24, 2.45) is 5.92 Å². The molecule has 0 bridgehead atoms. The SMILES string of the molecule is COCCCN(CC(=O)N1CCc2sccc2[C@@H]1COc1cccc(OC)c1)C(=O)C1CC1. The van der Waals surface area contributed by atoms with E-state index < -0.39 is 0 Å². The summed E-state index contributed by atoms with van der Waals surface area (Å²) in [6.45, 7) is 2.19. The average molecular weight is 473 g/mol. The summed E-state index contributed by atoms with van der Waals surface area (Å²) >= 11 is 1.72. The van der Waals surface area contributed by atoms with E-state index in [1.807, 2.05) is 29.2 Å². The van der Waals surface area contributed by atoms with E-state index in [2.05, 4.69) is 11.4 Å². The summed E-state index contributed by atoms with van der Waals surface area (Å²) in [6, 6.07) is 9.39. The molecule has 2 aromatic rings. The molecule has 2 aliphatic rings. The van der Waals surface area contributed by atoms with Gasteiger partial charge in [0.05, 0.1) is 19.7 Å². The van der Waals surface area contributed by atoms with Crippen LogP contribution in [0.4, 0.5) is 0 Å². The van der Waals surface area contributed by atoms with E-state index in [0.29, 0.717) is 32.1 Å². The Kier molecular flexibility index (Phi) is 7.88. The van der Waals surface area contributed by atoms with Gasteiger partial charge in [-0.05, 0) is 54.8 Å². The molecular weight excluding hydrogens is 440 g/mol. The molecule has 7 nitrogen and oxygen atoms in total. The first kappa shape index (κ1) is 23.6. The Hall–Kier alpha value is -2.58. The van der Waals surface area contributed by atoms with Gasteiger partial charge >= 0.3 is 0 Å². The zero-order valence-corrected chi connectivity index (χ0v) is 20.1. The van der Waals surface area contributed by atoms with Crippen LogP contribution in [0.3, 0.4) is 0 Å². The Bertz CT molecular complexity index is 958. The second-order valence-corrected chi connectivity index (χ2v) is 9.52. The highest BCUT2D eigenvalue weighted by atomic mass is 32.1. The maximum absolute atomic E-state index is 13.5. The lowest BCUT2D eigenvalue weighted by Crippen LogP contribution is -2.48.